The Balaban J connectivity index is 0.000000729. The van der Waals surface area contributed by atoms with Crippen LogP contribution in [0.5, 0.6) is 0 Å². The van der Waals surface area contributed by atoms with Crippen molar-refractivity contribution in [1.29, 1.82) is 0 Å². The van der Waals surface area contributed by atoms with E-state index in [0.717, 1.165) is 27.3 Å². The minimum Gasteiger partial charge on any atom is -1.00 e. The molecule has 0 atom stereocenters. The molecule has 0 bridgehead atoms. The number of pyridine rings is 1. The number of rotatable bonds is 7. The van der Waals surface area contributed by atoms with Crippen LogP contribution in [-0.2, 0) is 16.0 Å². The first-order chi connectivity index (χ1) is 17.4. The van der Waals surface area contributed by atoms with Crippen molar-refractivity contribution in [2.75, 3.05) is 0 Å². The number of para-hydroxylation sites is 2. The molecular weight excluding hydrogens is 565 g/mol. The van der Waals surface area contributed by atoms with Crippen LogP contribution in [0.3, 0.4) is 0 Å². The molecule has 0 aliphatic rings. The zero-order chi connectivity index (χ0) is 27.7. The van der Waals surface area contributed by atoms with Crippen molar-refractivity contribution in [3.63, 3.8) is 0 Å². The summed E-state index contributed by atoms with van der Waals surface area (Å²) in [4.78, 5) is 13.7. The Labute approximate surface area is 258 Å². The van der Waals surface area contributed by atoms with Crippen LogP contribution in [0.4, 0.5) is 11.4 Å². The van der Waals surface area contributed by atoms with E-state index in [-0.39, 0.29) is 24.8 Å². The molecule has 0 aliphatic carbocycles. The number of aromatic nitrogens is 1. The van der Waals surface area contributed by atoms with Gasteiger partial charge in [-0.2, -0.15) is 0 Å². The number of hydrogen-bond donors (Lipinski definition) is 0. The molecule has 2 aromatic carbocycles. The van der Waals surface area contributed by atoms with E-state index in [4.69, 9.17) is 4.99 Å². The van der Waals surface area contributed by atoms with Crippen LogP contribution in [0.1, 0.15) is 121 Å². The van der Waals surface area contributed by atoms with E-state index in [2.05, 4.69) is 131 Å². The fourth-order valence-electron chi connectivity index (χ4n) is 4.24. The molecule has 1 heterocycles. The van der Waals surface area contributed by atoms with Gasteiger partial charge in [0.15, 0.2) is 0 Å². The average Bonchev–Trinajstić information content (AvgIpc) is 2.84. The standard InChI is InChI=1S/C19H24N2.C14H20N.2ClH.Fe/c1-13(2)17-9-6-10-18(14(3)4)19(17)21-15(5)16-8-7-11-20-12-16;1-6-15-14-12(10(2)3)8-7-9-13(14)11(4)5;;;/h6-14H,1-5H3;7-11H,1-5H3;2*1H;/q;;;;+2/p-2. The summed E-state index contributed by atoms with van der Waals surface area (Å²) in [6.07, 6.45) is 3.66. The molecule has 1 aromatic heterocycles. The Hall–Kier alpha value is -1.97. The van der Waals surface area contributed by atoms with E-state index >= 15 is 0 Å². The number of nitrogens with zero attached hydrogens (tertiary/aromatic N) is 3. The molecule has 39 heavy (non-hydrogen) atoms. The summed E-state index contributed by atoms with van der Waals surface area (Å²) in [5, 5.41) is 0. The van der Waals surface area contributed by atoms with Gasteiger partial charge in [0.2, 0.25) is 0 Å². The third kappa shape index (κ3) is 10.8. The quantitative estimate of drug-likeness (QED) is 0.295. The maximum absolute atomic E-state index is 4.95. The summed E-state index contributed by atoms with van der Waals surface area (Å²) < 4.78 is 0.870. The van der Waals surface area contributed by atoms with Crippen LogP contribution < -0.4 is 24.8 Å². The van der Waals surface area contributed by atoms with Crippen LogP contribution in [0.15, 0.2) is 70.9 Å². The summed E-state index contributed by atoms with van der Waals surface area (Å²) in [5.74, 6) is 1.92. The largest absolute Gasteiger partial charge is 1.00 e. The molecule has 0 amide bonds. The fraction of sp³-hybridized carbons (Fsp3) is 0.424. The Kier molecular flexibility index (Phi) is 16.8. The minimum atomic E-state index is 0. The van der Waals surface area contributed by atoms with E-state index in [1.807, 2.05) is 19.2 Å². The number of halogens is 2. The summed E-state index contributed by atoms with van der Waals surface area (Å²) in [6.45, 7) is 21.7. The van der Waals surface area contributed by atoms with Crippen molar-refractivity contribution in [1.82, 2.24) is 4.98 Å². The maximum Gasteiger partial charge on any atom is -1.00 e. The van der Waals surface area contributed by atoms with Crippen LogP contribution in [0.2, 0.25) is 0 Å². The second-order valence-corrected chi connectivity index (χ2v) is 11.5. The molecular formula is C33H44Cl2FeN3. The van der Waals surface area contributed by atoms with Gasteiger partial charge in [0, 0.05) is 23.7 Å². The van der Waals surface area contributed by atoms with Gasteiger partial charge in [0.25, 0.3) is 0 Å². The Morgan fingerprint density at radius 1 is 0.615 bits per heavy atom. The van der Waals surface area contributed by atoms with E-state index in [1.165, 1.54) is 22.3 Å². The first-order valence-corrected chi connectivity index (χ1v) is 13.9. The second-order valence-electron chi connectivity index (χ2n) is 10.7. The van der Waals surface area contributed by atoms with Crippen molar-refractivity contribution >= 4 is 21.7 Å². The minimum absolute atomic E-state index is 0. The summed E-state index contributed by atoms with van der Waals surface area (Å²) in [7, 11) is 0. The van der Waals surface area contributed by atoms with Gasteiger partial charge in [-0.05, 0) is 36.0 Å². The molecule has 0 N–H and O–H groups in total. The number of benzene rings is 2. The van der Waals surface area contributed by atoms with Gasteiger partial charge in [0.05, 0.1) is 5.69 Å². The van der Waals surface area contributed by atoms with Crippen molar-refractivity contribution < 1.29 is 40.8 Å². The van der Waals surface area contributed by atoms with Crippen LogP contribution >= 0.6 is 0 Å². The van der Waals surface area contributed by atoms with Crippen molar-refractivity contribution in [2.24, 2.45) is 9.98 Å². The molecule has 0 fully saturated rings. The molecule has 3 aromatic rings. The summed E-state index contributed by atoms with van der Waals surface area (Å²) in [5.41, 5.74) is 9.59. The topological polar surface area (TPSA) is 37.6 Å². The number of hydrogen-bond acceptors (Lipinski definition) is 3. The third-order valence-electron chi connectivity index (χ3n) is 6.31. The molecule has 3 rings (SSSR count). The van der Waals surface area contributed by atoms with E-state index in [0.29, 0.717) is 23.7 Å². The van der Waals surface area contributed by atoms with Gasteiger partial charge in [-0.1, -0.05) is 52.0 Å². The smallest absolute Gasteiger partial charge is 1.00 e. The second kappa shape index (κ2) is 17.7. The number of aliphatic imine (C=N–C) groups is 2. The molecule has 3 nitrogen and oxygen atoms in total. The van der Waals surface area contributed by atoms with Gasteiger partial charge >= 0.3 is 107 Å². The van der Waals surface area contributed by atoms with Gasteiger partial charge in [0.1, 0.15) is 0 Å². The van der Waals surface area contributed by atoms with E-state index < -0.39 is 0 Å². The zero-order valence-electron chi connectivity index (χ0n) is 25.0. The molecule has 6 heteroatoms. The summed E-state index contributed by atoms with van der Waals surface area (Å²) >= 11 is 3.88. The molecule has 213 valence electrons. The molecule has 0 spiro atoms. The van der Waals surface area contributed by atoms with Gasteiger partial charge in [-0.15, -0.1) is 0 Å². The van der Waals surface area contributed by atoms with Crippen LogP contribution in [-0.4, -0.2) is 15.3 Å². The fourth-order valence-corrected chi connectivity index (χ4v) is 4.37. The third-order valence-corrected chi connectivity index (χ3v) is 6.43. The predicted octanol–water partition coefficient (Wildman–Crippen LogP) is 4.01. The monoisotopic (exact) mass is 608 g/mol. The van der Waals surface area contributed by atoms with Crippen molar-refractivity contribution in [2.45, 2.75) is 92.9 Å². The predicted molar refractivity (Wildman–Crippen MR) is 158 cm³/mol. The molecule has 0 aliphatic heterocycles. The van der Waals surface area contributed by atoms with Crippen molar-refractivity contribution in [3.05, 3.63) is 88.7 Å². The average molecular weight is 609 g/mol. The van der Waals surface area contributed by atoms with E-state index in [1.54, 1.807) is 6.20 Å². The van der Waals surface area contributed by atoms with Crippen LogP contribution in [0, 0.1) is 0 Å². The van der Waals surface area contributed by atoms with Crippen molar-refractivity contribution in [3.8, 4) is 0 Å². The summed E-state index contributed by atoms with van der Waals surface area (Å²) in [6, 6.07) is 17.0. The van der Waals surface area contributed by atoms with Gasteiger partial charge in [-0.3, -0.25) is 9.98 Å². The molecule has 0 radical (unpaired) electrons. The van der Waals surface area contributed by atoms with Gasteiger partial charge < -0.3 is 24.8 Å². The van der Waals surface area contributed by atoms with Gasteiger partial charge in [-0.25, -0.2) is 0 Å². The Morgan fingerprint density at radius 3 is 1.31 bits per heavy atom. The Bertz CT molecular complexity index is 1160. The first-order valence-electron chi connectivity index (χ1n) is 13.3. The first kappa shape index (κ1) is 37.0. The van der Waals surface area contributed by atoms with E-state index in [9.17, 15) is 0 Å². The maximum atomic E-state index is 4.95. The Morgan fingerprint density at radius 2 is 1.00 bits per heavy atom. The van der Waals surface area contributed by atoms with Crippen LogP contribution in [0.25, 0.3) is 0 Å². The zero-order valence-corrected chi connectivity index (χ0v) is 27.7. The molecule has 0 unspecified atom stereocenters. The molecule has 0 saturated carbocycles. The SMILES string of the molecule is CC(=Nc1c(C(C)C)cccc1C(C)C)c1cccnc1.C[C]([Fe+2])=Nc1c(C(C)C)cccc1C(C)C.[Cl-].[Cl-]. The molecule has 0 saturated heterocycles. The normalized spacial score (nSPS) is 11.7.